The van der Waals surface area contributed by atoms with Gasteiger partial charge in [0.15, 0.2) is 0 Å². The lowest BCUT2D eigenvalue weighted by Crippen LogP contribution is -2.44. The molecule has 0 spiro atoms. The van der Waals surface area contributed by atoms with Gasteiger partial charge in [0.1, 0.15) is 5.75 Å². The molecular formula is C19H20F2N2O3. The fourth-order valence-electron chi connectivity index (χ4n) is 2.83. The second-order valence-electron chi connectivity index (χ2n) is 6.01. The second kappa shape index (κ2) is 8.14. The fraction of sp³-hybridized carbons (Fsp3) is 0.316. The summed E-state index contributed by atoms with van der Waals surface area (Å²) in [6.45, 7) is 0.702. The highest BCUT2D eigenvalue weighted by Gasteiger charge is 2.24. The van der Waals surface area contributed by atoms with Gasteiger partial charge in [-0.3, -0.25) is 4.79 Å². The van der Waals surface area contributed by atoms with E-state index in [2.05, 4.69) is 10.1 Å². The molecule has 3 rings (SSSR count). The summed E-state index contributed by atoms with van der Waals surface area (Å²) >= 11 is 0. The lowest BCUT2D eigenvalue weighted by molar-refractivity contribution is -0.0498. The number of nitrogens with one attached hydrogen (secondary N) is 1. The highest BCUT2D eigenvalue weighted by atomic mass is 19.3. The van der Waals surface area contributed by atoms with Gasteiger partial charge in [-0.15, -0.1) is 0 Å². The molecule has 2 aromatic rings. The summed E-state index contributed by atoms with van der Waals surface area (Å²) < 4.78 is 34.3. The summed E-state index contributed by atoms with van der Waals surface area (Å²) in [5, 5.41) is 3.16. The molecule has 1 aliphatic heterocycles. The standard InChI is InChI=1S/C19H20F2N2O3/c1-13-12-23(10-11-25-13)18(24)16-4-2-3-5-17(16)22-14-6-8-15(9-7-14)26-19(20)21/h2-9,13,19,22H,10-12H2,1H3/t13-/m1/s1. The maximum Gasteiger partial charge on any atom is 0.387 e. The SMILES string of the molecule is C[C@@H]1CN(C(=O)c2ccccc2Nc2ccc(OC(F)F)cc2)CCO1. The molecule has 1 N–H and O–H groups in total. The molecule has 0 saturated carbocycles. The second-order valence-corrected chi connectivity index (χ2v) is 6.01. The maximum absolute atomic E-state index is 12.9. The van der Waals surface area contributed by atoms with E-state index in [1.807, 2.05) is 19.1 Å². The molecule has 2 aromatic carbocycles. The number of hydrogen-bond donors (Lipinski definition) is 1. The topological polar surface area (TPSA) is 50.8 Å². The summed E-state index contributed by atoms with van der Waals surface area (Å²) in [6.07, 6.45) is 0.00944. The number of hydrogen-bond acceptors (Lipinski definition) is 4. The van der Waals surface area contributed by atoms with Crippen LogP contribution in [-0.4, -0.2) is 43.2 Å². The van der Waals surface area contributed by atoms with Crippen LogP contribution < -0.4 is 10.1 Å². The van der Waals surface area contributed by atoms with Crippen LogP contribution in [-0.2, 0) is 4.74 Å². The van der Waals surface area contributed by atoms with E-state index < -0.39 is 6.61 Å². The van der Waals surface area contributed by atoms with Crippen molar-refractivity contribution in [2.45, 2.75) is 19.6 Å². The predicted octanol–water partition coefficient (Wildman–Crippen LogP) is 3.89. The smallest absolute Gasteiger partial charge is 0.387 e. The molecule has 0 bridgehead atoms. The largest absolute Gasteiger partial charge is 0.435 e. The minimum atomic E-state index is -2.86. The number of carbonyl (C=O) groups excluding carboxylic acids is 1. The molecule has 5 nitrogen and oxygen atoms in total. The Hall–Kier alpha value is -2.67. The molecular weight excluding hydrogens is 342 g/mol. The van der Waals surface area contributed by atoms with E-state index in [-0.39, 0.29) is 17.8 Å². The van der Waals surface area contributed by atoms with Crippen LogP contribution in [0, 0.1) is 0 Å². The highest BCUT2D eigenvalue weighted by Crippen LogP contribution is 2.25. The third-order valence-corrected chi connectivity index (χ3v) is 4.04. The lowest BCUT2D eigenvalue weighted by Gasteiger charge is -2.31. The van der Waals surface area contributed by atoms with Gasteiger partial charge in [-0.2, -0.15) is 8.78 Å². The molecule has 138 valence electrons. The van der Waals surface area contributed by atoms with Crippen LogP contribution in [0.2, 0.25) is 0 Å². The number of anilines is 2. The average Bonchev–Trinajstić information content (AvgIpc) is 2.63. The number of rotatable bonds is 5. The summed E-state index contributed by atoms with van der Waals surface area (Å²) in [4.78, 5) is 14.6. The Morgan fingerprint density at radius 2 is 1.96 bits per heavy atom. The first-order valence-electron chi connectivity index (χ1n) is 8.35. The predicted molar refractivity (Wildman–Crippen MR) is 94.1 cm³/mol. The van der Waals surface area contributed by atoms with Crippen molar-refractivity contribution in [2.75, 3.05) is 25.0 Å². The molecule has 1 heterocycles. The Kier molecular flexibility index (Phi) is 5.68. The highest BCUT2D eigenvalue weighted by molar-refractivity contribution is 6.00. The van der Waals surface area contributed by atoms with E-state index >= 15 is 0 Å². The van der Waals surface area contributed by atoms with Crippen molar-refractivity contribution in [1.82, 2.24) is 4.90 Å². The van der Waals surface area contributed by atoms with Gasteiger partial charge in [-0.25, -0.2) is 0 Å². The molecule has 7 heteroatoms. The zero-order chi connectivity index (χ0) is 18.5. The van der Waals surface area contributed by atoms with E-state index in [0.717, 1.165) is 0 Å². The van der Waals surface area contributed by atoms with Gasteiger partial charge in [-0.05, 0) is 43.3 Å². The average molecular weight is 362 g/mol. The van der Waals surface area contributed by atoms with Gasteiger partial charge < -0.3 is 19.7 Å². The summed E-state index contributed by atoms with van der Waals surface area (Å²) in [5.74, 6) is 0.0121. The number of morpholine rings is 1. The first kappa shape index (κ1) is 18.1. The van der Waals surface area contributed by atoms with E-state index in [4.69, 9.17) is 4.74 Å². The Labute approximate surface area is 150 Å². The van der Waals surface area contributed by atoms with Crippen LogP contribution in [0.5, 0.6) is 5.75 Å². The summed E-state index contributed by atoms with van der Waals surface area (Å²) in [5.41, 5.74) is 1.87. The Bertz CT molecular complexity index is 753. The summed E-state index contributed by atoms with van der Waals surface area (Å²) in [7, 11) is 0. The van der Waals surface area contributed by atoms with Gasteiger partial charge in [-0.1, -0.05) is 12.1 Å². The Morgan fingerprint density at radius 1 is 1.23 bits per heavy atom. The quantitative estimate of drug-likeness (QED) is 0.877. The molecule has 1 saturated heterocycles. The maximum atomic E-state index is 12.9. The lowest BCUT2D eigenvalue weighted by atomic mass is 10.1. The van der Waals surface area contributed by atoms with E-state index in [1.54, 1.807) is 29.2 Å². The van der Waals surface area contributed by atoms with Crippen molar-refractivity contribution in [2.24, 2.45) is 0 Å². The number of benzene rings is 2. The Balaban J connectivity index is 1.75. The van der Waals surface area contributed by atoms with Crippen LogP contribution in [0.3, 0.4) is 0 Å². The number of alkyl halides is 2. The molecule has 0 aliphatic carbocycles. The first-order chi connectivity index (χ1) is 12.5. The molecule has 1 atom stereocenters. The normalized spacial score (nSPS) is 17.2. The van der Waals surface area contributed by atoms with Crippen molar-refractivity contribution in [3.8, 4) is 5.75 Å². The number of para-hydroxylation sites is 1. The minimum Gasteiger partial charge on any atom is -0.435 e. The van der Waals surface area contributed by atoms with Crippen molar-refractivity contribution < 1.29 is 23.0 Å². The summed E-state index contributed by atoms with van der Waals surface area (Å²) in [6, 6.07) is 13.3. The van der Waals surface area contributed by atoms with Gasteiger partial charge >= 0.3 is 6.61 Å². The number of carbonyl (C=O) groups is 1. The van der Waals surface area contributed by atoms with Crippen LogP contribution >= 0.6 is 0 Å². The zero-order valence-electron chi connectivity index (χ0n) is 14.3. The third kappa shape index (κ3) is 4.49. The van der Waals surface area contributed by atoms with E-state index in [0.29, 0.717) is 36.6 Å². The van der Waals surface area contributed by atoms with Crippen LogP contribution in [0.25, 0.3) is 0 Å². The van der Waals surface area contributed by atoms with E-state index in [9.17, 15) is 13.6 Å². The van der Waals surface area contributed by atoms with Crippen molar-refractivity contribution >= 4 is 17.3 Å². The van der Waals surface area contributed by atoms with Gasteiger partial charge in [0.2, 0.25) is 0 Å². The molecule has 1 fully saturated rings. The fourth-order valence-corrected chi connectivity index (χ4v) is 2.83. The monoisotopic (exact) mass is 362 g/mol. The van der Waals surface area contributed by atoms with Crippen LogP contribution in [0.1, 0.15) is 17.3 Å². The molecule has 1 amide bonds. The zero-order valence-corrected chi connectivity index (χ0v) is 14.3. The molecule has 0 unspecified atom stereocenters. The van der Waals surface area contributed by atoms with Crippen LogP contribution in [0.4, 0.5) is 20.2 Å². The van der Waals surface area contributed by atoms with E-state index in [1.165, 1.54) is 12.1 Å². The number of nitrogens with zero attached hydrogens (tertiary/aromatic N) is 1. The molecule has 0 aromatic heterocycles. The van der Waals surface area contributed by atoms with Gasteiger partial charge in [0.25, 0.3) is 5.91 Å². The van der Waals surface area contributed by atoms with Gasteiger partial charge in [0, 0.05) is 18.8 Å². The van der Waals surface area contributed by atoms with Crippen molar-refractivity contribution in [3.63, 3.8) is 0 Å². The van der Waals surface area contributed by atoms with Crippen molar-refractivity contribution in [3.05, 3.63) is 54.1 Å². The van der Waals surface area contributed by atoms with Gasteiger partial charge in [0.05, 0.1) is 24.0 Å². The van der Waals surface area contributed by atoms with Crippen molar-refractivity contribution in [1.29, 1.82) is 0 Å². The molecule has 1 aliphatic rings. The molecule has 26 heavy (non-hydrogen) atoms. The minimum absolute atomic E-state index is 0.00944. The molecule has 0 radical (unpaired) electrons. The van der Waals surface area contributed by atoms with Crippen LogP contribution in [0.15, 0.2) is 48.5 Å². The number of amides is 1. The number of halogens is 2. The third-order valence-electron chi connectivity index (χ3n) is 4.04. The first-order valence-corrected chi connectivity index (χ1v) is 8.35. The Morgan fingerprint density at radius 3 is 2.65 bits per heavy atom. The number of ether oxygens (including phenoxy) is 2.